The van der Waals surface area contributed by atoms with E-state index in [0.29, 0.717) is 28.5 Å². The maximum absolute atomic E-state index is 11.9. The number of imidazole rings is 1. The Labute approximate surface area is 121 Å². The molecule has 0 saturated heterocycles. The van der Waals surface area contributed by atoms with Gasteiger partial charge in [0, 0.05) is 29.9 Å². The average molecular weight is 290 g/mol. The maximum atomic E-state index is 11.9. The van der Waals surface area contributed by atoms with E-state index in [1.807, 2.05) is 0 Å². The summed E-state index contributed by atoms with van der Waals surface area (Å²) in [5.74, 6) is 5.68. The lowest BCUT2D eigenvalue weighted by molar-refractivity contribution is 0.102. The number of carbonyl (C=O) groups is 1. The molecule has 0 saturated carbocycles. The second-order valence-corrected chi connectivity index (χ2v) is 4.27. The Kier molecular flexibility index (Phi) is 4.77. The van der Waals surface area contributed by atoms with Crippen LogP contribution in [0.25, 0.3) is 0 Å². The number of H-pyrrole nitrogens is 1. The Balaban J connectivity index is 2.12. The van der Waals surface area contributed by atoms with Crippen LogP contribution in [0, 0.1) is 11.8 Å². The second-order valence-electron chi connectivity index (χ2n) is 3.86. The monoisotopic (exact) mass is 289 g/mol. The second kappa shape index (κ2) is 6.75. The van der Waals surface area contributed by atoms with E-state index in [9.17, 15) is 4.79 Å². The van der Waals surface area contributed by atoms with E-state index in [1.54, 1.807) is 30.6 Å². The SMILES string of the molecule is O=C(Nc1ncc[nH]1)c1ccc(C#CCCO)c(Cl)c1. The third kappa shape index (κ3) is 3.60. The fourth-order valence-corrected chi connectivity index (χ4v) is 1.71. The first-order valence-electron chi connectivity index (χ1n) is 5.90. The molecule has 0 aliphatic rings. The minimum atomic E-state index is -0.309. The number of aliphatic hydroxyl groups excluding tert-OH is 1. The Morgan fingerprint density at radius 1 is 1.50 bits per heavy atom. The fourth-order valence-electron chi connectivity index (χ4n) is 1.48. The minimum Gasteiger partial charge on any atom is -0.395 e. The van der Waals surface area contributed by atoms with Gasteiger partial charge in [-0.3, -0.25) is 10.1 Å². The van der Waals surface area contributed by atoms with Crippen molar-refractivity contribution in [3.05, 3.63) is 46.7 Å². The lowest BCUT2D eigenvalue weighted by Crippen LogP contribution is -2.12. The lowest BCUT2D eigenvalue weighted by Gasteiger charge is -2.03. The zero-order valence-corrected chi connectivity index (χ0v) is 11.2. The summed E-state index contributed by atoms with van der Waals surface area (Å²) in [6.45, 7) is 0.00819. The molecule has 0 spiro atoms. The molecule has 0 fully saturated rings. The molecule has 1 amide bonds. The average Bonchev–Trinajstić information content (AvgIpc) is 2.93. The molecule has 1 heterocycles. The number of aromatic amines is 1. The van der Waals surface area contributed by atoms with Gasteiger partial charge in [-0.05, 0) is 18.2 Å². The van der Waals surface area contributed by atoms with Gasteiger partial charge < -0.3 is 10.1 Å². The van der Waals surface area contributed by atoms with Crippen molar-refractivity contribution in [2.24, 2.45) is 0 Å². The molecule has 0 bridgehead atoms. The first-order chi connectivity index (χ1) is 9.70. The van der Waals surface area contributed by atoms with Crippen LogP contribution in [-0.4, -0.2) is 27.6 Å². The number of aromatic nitrogens is 2. The van der Waals surface area contributed by atoms with Crippen LogP contribution in [0.2, 0.25) is 5.02 Å². The van der Waals surface area contributed by atoms with Crippen LogP contribution in [0.3, 0.4) is 0 Å². The fraction of sp³-hybridized carbons (Fsp3) is 0.143. The molecule has 0 aliphatic heterocycles. The number of benzene rings is 1. The lowest BCUT2D eigenvalue weighted by atomic mass is 10.1. The van der Waals surface area contributed by atoms with E-state index in [1.165, 1.54) is 0 Å². The van der Waals surface area contributed by atoms with Crippen LogP contribution in [0.1, 0.15) is 22.3 Å². The topological polar surface area (TPSA) is 78.0 Å². The summed E-state index contributed by atoms with van der Waals surface area (Å²) in [6, 6.07) is 4.85. The number of aliphatic hydroxyl groups is 1. The number of amides is 1. The highest BCUT2D eigenvalue weighted by Crippen LogP contribution is 2.17. The highest BCUT2D eigenvalue weighted by molar-refractivity contribution is 6.32. The van der Waals surface area contributed by atoms with Gasteiger partial charge in [0.2, 0.25) is 5.95 Å². The third-order valence-corrected chi connectivity index (χ3v) is 2.73. The van der Waals surface area contributed by atoms with Crippen molar-refractivity contribution in [3.8, 4) is 11.8 Å². The van der Waals surface area contributed by atoms with Crippen LogP contribution in [0.4, 0.5) is 5.95 Å². The summed E-state index contributed by atoms with van der Waals surface area (Å²) in [5, 5.41) is 11.7. The Bertz CT molecular complexity index is 657. The van der Waals surface area contributed by atoms with Crippen LogP contribution in [-0.2, 0) is 0 Å². The molecule has 0 aliphatic carbocycles. The van der Waals surface area contributed by atoms with Gasteiger partial charge in [-0.2, -0.15) is 0 Å². The number of nitrogens with zero attached hydrogens (tertiary/aromatic N) is 1. The van der Waals surface area contributed by atoms with E-state index in [0.717, 1.165) is 0 Å². The van der Waals surface area contributed by atoms with Crippen LogP contribution < -0.4 is 5.32 Å². The molecule has 5 nitrogen and oxygen atoms in total. The van der Waals surface area contributed by atoms with Crippen molar-refractivity contribution >= 4 is 23.5 Å². The number of anilines is 1. The van der Waals surface area contributed by atoms with Crippen LogP contribution in [0.5, 0.6) is 0 Å². The van der Waals surface area contributed by atoms with Crippen molar-refractivity contribution in [2.75, 3.05) is 11.9 Å². The summed E-state index contributed by atoms with van der Waals surface area (Å²) in [7, 11) is 0. The molecule has 1 aromatic heterocycles. The van der Waals surface area contributed by atoms with Gasteiger partial charge in [-0.1, -0.05) is 23.4 Å². The van der Waals surface area contributed by atoms with Gasteiger partial charge in [0.1, 0.15) is 0 Å². The molecule has 2 rings (SSSR count). The molecule has 1 aromatic carbocycles. The normalized spacial score (nSPS) is 9.70. The molecular weight excluding hydrogens is 278 g/mol. The third-order valence-electron chi connectivity index (χ3n) is 2.42. The van der Waals surface area contributed by atoms with Gasteiger partial charge >= 0.3 is 0 Å². The highest BCUT2D eigenvalue weighted by Gasteiger charge is 2.09. The van der Waals surface area contributed by atoms with Gasteiger partial charge in [-0.25, -0.2) is 4.98 Å². The first-order valence-corrected chi connectivity index (χ1v) is 6.28. The predicted molar refractivity (Wildman–Crippen MR) is 76.6 cm³/mol. The molecule has 0 unspecified atom stereocenters. The zero-order chi connectivity index (χ0) is 14.4. The first kappa shape index (κ1) is 14.1. The van der Waals surface area contributed by atoms with E-state index in [4.69, 9.17) is 16.7 Å². The number of rotatable bonds is 3. The molecule has 102 valence electrons. The van der Waals surface area contributed by atoms with Crippen molar-refractivity contribution in [1.82, 2.24) is 9.97 Å². The molecular formula is C14H12ClN3O2. The quantitative estimate of drug-likeness (QED) is 0.757. The molecule has 6 heteroatoms. The summed E-state index contributed by atoms with van der Waals surface area (Å²) in [6.07, 6.45) is 3.54. The van der Waals surface area contributed by atoms with Gasteiger partial charge in [0.05, 0.1) is 11.6 Å². The van der Waals surface area contributed by atoms with Crippen molar-refractivity contribution < 1.29 is 9.90 Å². The summed E-state index contributed by atoms with van der Waals surface area (Å²) in [4.78, 5) is 18.6. The predicted octanol–water partition coefficient (Wildman–Crippen LogP) is 2.05. The molecule has 2 aromatic rings. The zero-order valence-electron chi connectivity index (χ0n) is 10.5. The minimum absolute atomic E-state index is 0.00819. The Morgan fingerprint density at radius 3 is 3.00 bits per heavy atom. The number of hydrogen-bond acceptors (Lipinski definition) is 3. The summed E-state index contributed by atoms with van der Waals surface area (Å²) in [5.41, 5.74) is 1.04. The molecule has 0 atom stereocenters. The maximum Gasteiger partial charge on any atom is 0.258 e. The van der Waals surface area contributed by atoms with Crippen LogP contribution >= 0.6 is 11.6 Å². The number of carbonyl (C=O) groups excluding carboxylic acids is 1. The van der Waals surface area contributed by atoms with Crippen molar-refractivity contribution in [2.45, 2.75) is 6.42 Å². The van der Waals surface area contributed by atoms with Crippen molar-refractivity contribution in [3.63, 3.8) is 0 Å². The smallest absolute Gasteiger partial charge is 0.258 e. The molecule has 20 heavy (non-hydrogen) atoms. The van der Waals surface area contributed by atoms with Crippen molar-refractivity contribution in [1.29, 1.82) is 0 Å². The van der Waals surface area contributed by atoms with Gasteiger partial charge in [0.25, 0.3) is 5.91 Å². The number of halogens is 1. The summed E-state index contributed by atoms with van der Waals surface area (Å²) >= 11 is 6.07. The van der Waals surface area contributed by atoms with Crippen LogP contribution in [0.15, 0.2) is 30.6 Å². The summed E-state index contributed by atoms with van der Waals surface area (Å²) < 4.78 is 0. The molecule has 3 N–H and O–H groups in total. The number of hydrogen-bond donors (Lipinski definition) is 3. The van der Waals surface area contributed by atoms with E-state index in [2.05, 4.69) is 27.1 Å². The van der Waals surface area contributed by atoms with E-state index >= 15 is 0 Å². The standard InChI is InChI=1S/C14H12ClN3O2/c15-12-9-11(5-4-10(12)3-1-2-8-19)13(20)18-14-16-6-7-17-14/h4-7,9,19H,2,8H2,(H2,16,17,18,20). The molecule has 0 radical (unpaired) electrons. The Hall–Kier alpha value is -2.29. The van der Waals surface area contributed by atoms with E-state index in [-0.39, 0.29) is 12.5 Å². The Morgan fingerprint density at radius 2 is 2.35 bits per heavy atom. The van der Waals surface area contributed by atoms with Gasteiger partial charge in [-0.15, -0.1) is 0 Å². The van der Waals surface area contributed by atoms with Gasteiger partial charge in [0.15, 0.2) is 0 Å². The highest BCUT2D eigenvalue weighted by atomic mass is 35.5. The largest absolute Gasteiger partial charge is 0.395 e. The van der Waals surface area contributed by atoms with E-state index < -0.39 is 0 Å². The number of nitrogens with one attached hydrogen (secondary N) is 2.